The summed E-state index contributed by atoms with van der Waals surface area (Å²) < 4.78 is 0. The zero-order valence-electron chi connectivity index (χ0n) is 13.9. The molecule has 1 atom stereocenters. The Hall–Kier alpha value is -2.14. The van der Waals surface area contributed by atoms with Crippen molar-refractivity contribution in [2.24, 2.45) is 0 Å². The van der Waals surface area contributed by atoms with Gasteiger partial charge in [-0.3, -0.25) is 9.78 Å². The number of carboxylic acids is 1. The minimum absolute atomic E-state index is 0.00498. The van der Waals surface area contributed by atoms with Crippen LogP contribution in [0.3, 0.4) is 0 Å². The Bertz CT molecular complexity index is 874. The summed E-state index contributed by atoms with van der Waals surface area (Å²) in [5.74, 6) is -0.828. The maximum Gasteiger partial charge on any atom is 0.326 e. The fourth-order valence-corrected chi connectivity index (χ4v) is 3.42. The summed E-state index contributed by atoms with van der Waals surface area (Å²) in [6.45, 7) is 1.57. The van der Waals surface area contributed by atoms with Gasteiger partial charge in [-0.05, 0) is 56.9 Å². The van der Waals surface area contributed by atoms with E-state index in [9.17, 15) is 14.7 Å². The topological polar surface area (TPSA) is 70.5 Å². The van der Waals surface area contributed by atoms with Crippen molar-refractivity contribution in [1.29, 1.82) is 0 Å². The number of nitrogens with zero attached hydrogens (tertiary/aromatic N) is 2. The van der Waals surface area contributed by atoms with Gasteiger partial charge in [0.1, 0.15) is 6.04 Å². The Morgan fingerprint density at radius 1 is 1.24 bits per heavy atom. The third-order valence-corrected chi connectivity index (χ3v) is 5.20. The third kappa shape index (κ3) is 3.09. The molecule has 2 aliphatic carbocycles. The second-order valence-corrected chi connectivity index (χ2v) is 7.42. The lowest BCUT2D eigenvalue weighted by atomic mass is 10.0. The number of rotatable bonds is 5. The largest absolute Gasteiger partial charge is 0.480 e. The molecule has 0 bridgehead atoms. The molecule has 130 valence electrons. The summed E-state index contributed by atoms with van der Waals surface area (Å²) >= 11 is 6.13. The van der Waals surface area contributed by atoms with Crippen LogP contribution in [-0.2, 0) is 4.79 Å². The highest BCUT2D eigenvalue weighted by atomic mass is 35.5. The number of amides is 1. The molecular weight excluding hydrogens is 340 g/mol. The summed E-state index contributed by atoms with van der Waals surface area (Å²) in [5, 5.41) is 10.6. The predicted molar refractivity (Wildman–Crippen MR) is 95.0 cm³/mol. The van der Waals surface area contributed by atoms with Crippen LogP contribution in [-0.4, -0.2) is 39.0 Å². The number of benzene rings is 1. The summed E-state index contributed by atoms with van der Waals surface area (Å²) in [4.78, 5) is 31.0. The molecule has 0 aliphatic heterocycles. The Kier molecular flexibility index (Phi) is 3.91. The van der Waals surface area contributed by atoms with E-state index in [1.54, 1.807) is 19.1 Å². The van der Waals surface area contributed by atoms with Gasteiger partial charge in [-0.25, -0.2) is 4.79 Å². The molecule has 5 nitrogen and oxygen atoms in total. The van der Waals surface area contributed by atoms with Gasteiger partial charge in [-0.2, -0.15) is 0 Å². The van der Waals surface area contributed by atoms with Crippen LogP contribution in [0.1, 0.15) is 54.6 Å². The van der Waals surface area contributed by atoms with Gasteiger partial charge in [0.25, 0.3) is 5.91 Å². The molecule has 6 heteroatoms. The first-order valence-electron chi connectivity index (χ1n) is 8.61. The third-order valence-electron chi connectivity index (χ3n) is 4.97. The van der Waals surface area contributed by atoms with Gasteiger partial charge in [0.2, 0.25) is 0 Å². The Balaban J connectivity index is 1.84. The van der Waals surface area contributed by atoms with Gasteiger partial charge < -0.3 is 10.0 Å². The van der Waals surface area contributed by atoms with Crippen LogP contribution < -0.4 is 0 Å². The molecule has 1 aromatic heterocycles. The van der Waals surface area contributed by atoms with Crippen LogP contribution >= 0.6 is 11.6 Å². The number of carbonyl (C=O) groups excluding carboxylic acids is 1. The van der Waals surface area contributed by atoms with Crippen molar-refractivity contribution in [2.75, 3.05) is 0 Å². The number of carbonyl (C=O) groups is 2. The minimum atomic E-state index is -0.987. The molecule has 4 rings (SSSR count). The van der Waals surface area contributed by atoms with Crippen LogP contribution in [0.15, 0.2) is 24.3 Å². The van der Waals surface area contributed by atoms with Gasteiger partial charge in [0, 0.05) is 28.1 Å². The van der Waals surface area contributed by atoms with Crippen molar-refractivity contribution in [2.45, 2.75) is 50.6 Å². The van der Waals surface area contributed by atoms with Crippen molar-refractivity contribution < 1.29 is 14.7 Å². The quantitative estimate of drug-likeness (QED) is 0.881. The molecule has 0 radical (unpaired) electrons. The summed E-state index contributed by atoms with van der Waals surface area (Å²) in [5.41, 5.74) is 2.15. The number of carboxylic acid groups (broad SMARTS) is 1. The SMILES string of the molecule is CC(C(=O)O)N(C(=O)c1cc(C2CC2)nc2ccc(Cl)cc12)C1CC1. The van der Waals surface area contributed by atoms with E-state index >= 15 is 0 Å². The molecule has 1 amide bonds. The molecule has 1 unspecified atom stereocenters. The normalized spacial score (nSPS) is 18.2. The Morgan fingerprint density at radius 3 is 2.56 bits per heavy atom. The van der Waals surface area contributed by atoms with Gasteiger partial charge in [-0.1, -0.05) is 11.6 Å². The van der Waals surface area contributed by atoms with Crippen LogP contribution in [0, 0.1) is 0 Å². The van der Waals surface area contributed by atoms with E-state index in [1.165, 1.54) is 4.90 Å². The minimum Gasteiger partial charge on any atom is -0.480 e. The average molecular weight is 359 g/mol. The molecule has 1 N–H and O–H groups in total. The monoisotopic (exact) mass is 358 g/mol. The van der Waals surface area contributed by atoms with E-state index in [0.717, 1.165) is 36.9 Å². The second kappa shape index (κ2) is 5.99. The van der Waals surface area contributed by atoms with E-state index in [-0.39, 0.29) is 11.9 Å². The molecule has 2 aromatic rings. The second-order valence-electron chi connectivity index (χ2n) is 6.99. The molecule has 25 heavy (non-hydrogen) atoms. The standard InChI is InChI=1S/C19H19ClN2O3/c1-10(19(24)25)22(13-5-6-13)18(23)15-9-17(11-2-3-11)21-16-7-4-12(20)8-14(15)16/h4,7-11,13H,2-3,5-6H2,1H3,(H,24,25). The molecule has 1 aromatic carbocycles. The molecule has 2 fully saturated rings. The van der Waals surface area contributed by atoms with Crippen molar-refractivity contribution in [3.8, 4) is 0 Å². The van der Waals surface area contributed by atoms with E-state index in [4.69, 9.17) is 11.6 Å². The number of fused-ring (bicyclic) bond motifs is 1. The van der Waals surface area contributed by atoms with Gasteiger partial charge in [0.15, 0.2) is 0 Å². The fourth-order valence-electron chi connectivity index (χ4n) is 3.25. The fraction of sp³-hybridized carbons (Fsp3) is 0.421. The molecule has 0 saturated heterocycles. The first-order valence-corrected chi connectivity index (χ1v) is 8.99. The van der Waals surface area contributed by atoms with Crippen molar-refractivity contribution in [3.63, 3.8) is 0 Å². The highest BCUT2D eigenvalue weighted by molar-refractivity contribution is 6.31. The zero-order valence-corrected chi connectivity index (χ0v) is 14.7. The first kappa shape index (κ1) is 16.3. The van der Waals surface area contributed by atoms with E-state index in [1.807, 2.05) is 12.1 Å². The first-order chi connectivity index (χ1) is 12.0. The summed E-state index contributed by atoms with van der Waals surface area (Å²) in [7, 11) is 0. The summed E-state index contributed by atoms with van der Waals surface area (Å²) in [6, 6.07) is 6.31. The van der Waals surface area contributed by atoms with Crippen LogP contribution in [0.25, 0.3) is 10.9 Å². The maximum atomic E-state index is 13.3. The number of hydrogen-bond donors (Lipinski definition) is 1. The number of pyridine rings is 1. The average Bonchev–Trinajstić information content (AvgIpc) is 3.46. The van der Waals surface area contributed by atoms with Crippen molar-refractivity contribution in [1.82, 2.24) is 9.88 Å². The molecule has 2 aliphatic rings. The highest BCUT2D eigenvalue weighted by Gasteiger charge is 2.39. The molecular formula is C19H19ClN2O3. The summed E-state index contributed by atoms with van der Waals surface area (Å²) in [6.07, 6.45) is 3.86. The molecule has 2 saturated carbocycles. The zero-order chi connectivity index (χ0) is 17.7. The number of hydrogen-bond acceptors (Lipinski definition) is 3. The lowest BCUT2D eigenvalue weighted by molar-refractivity contribution is -0.141. The lowest BCUT2D eigenvalue weighted by Gasteiger charge is -2.27. The maximum absolute atomic E-state index is 13.3. The van der Waals surface area contributed by atoms with Gasteiger partial charge in [0.05, 0.1) is 11.1 Å². The van der Waals surface area contributed by atoms with Crippen LogP contribution in [0.4, 0.5) is 0 Å². The predicted octanol–water partition coefficient (Wildman–Crippen LogP) is 3.84. The van der Waals surface area contributed by atoms with Crippen LogP contribution in [0.2, 0.25) is 5.02 Å². The molecule has 1 heterocycles. The van der Waals surface area contributed by atoms with E-state index < -0.39 is 12.0 Å². The van der Waals surface area contributed by atoms with Crippen molar-refractivity contribution in [3.05, 3.63) is 40.5 Å². The van der Waals surface area contributed by atoms with Crippen LogP contribution in [0.5, 0.6) is 0 Å². The van der Waals surface area contributed by atoms with Crippen molar-refractivity contribution >= 4 is 34.4 Å². The Labute approximate surface area is 150 Å². The lowest BCUT2D eigenvalue weighted by Crippen LogP contribution is -2.44. The van der Waals surface area contributed by atoms with Gasteiger partial charge >= 0.3 is 5.97 Å². The smallest absolute Gasteiger partial charge is 0.326 e. The number of halogens is 1. The number of aromatic nitrogens is 1. The van der Waals surface area contributed by atoms with E-state index in [2.05, 4.69) is 4.98 Å². The Morgan fingerprint density at radius 2 is 1.96 bits per heavy atom. The molecule has 0 spiro atoms. The van der Waals surface area contributed by atoms with E-state index in [0.29, 0.717) is 21.9 Å². The number of aliphatic carboxylic acids is 1. The highest BCUT2D eigenvalue weighted by Crippen LogP contribution is 2.41. The van der Waals surface area contributed by atoms with Gasteiger partial charge in [-0.15, -0.1) is 0 Å².